The number of hydrogen-bond donors (Lipinski definition) is 2. The Morgan fingerprint density at radius 3 is 2.56 bits per heavy atom. The number of ether oxygens (including phenoxy) is 2. The summed E-state index contributed by atoms with van der Waals surface area (Å²) >= 11 is 6.30. The number of rotatable bonds is 5. The Labute approximate surface area is 148 Å². The van der Waals surface area contributed by atoms with E-state index in [4.69, 9.17) is 26.8 Å². The topological polar surface area (TPSA) is 125 Å². The standard InChI is InChI=1S/C17H13ClN4O3/c1-3-4-25-14-6-12(18)9(5-13(14)24-2)15-10(7-19)16(21)22-17(23)11(15)8-20/h3,5-6H,1,4H2,2H3,(H3,21,22,23). The highest BCUT2D eigenvalue weighted by atomic mass is 35.5. The van der Waals surface area contributed by atoms with E-state index in [1.54, 1.807) is 12.1 Å². The van der Waals surface area contributed by atoms with Crippen molar-refractivity contribution in [2.75, 3.05) is 19.5 Å². The van der Waals surface area contributed by atoms with E-state index in [1.165, 1.54) is 19.2 Å². The van der Waals surface area contributed by atoms with E-state index in [-0.39, 0.29) is 39.7 Å². The number of nitrogen functional groups attached to an aromatic ring is 1. The molecule has 2 rings (SSSR count). The Bertz CT molecular complexity index is 983. The predicted octanol–water partition coefficient (Wildman–Crippen LogP) is 2.59. The summed E-state index contributed by atoms with van der Waals surface area (Å²) < 4.78 is 10.7. The van der Waals surface area contributed by atoms with Crippen molar-refractivity contribution in [1.82, 2.24) is 4.98 Å². The molecule has 0 bridgehead atoms. The van der Waals surface area contributed by atoms with E-state index < -0.39 is 5.56 Å². The number of nitrogens with zero attached hydrogens (tertiary/aromatic N) is 2. The van der Waals surface area contributed by atoms with Crippen LogP contribution in [0.25, 0.3) is 11.1 Å². The Hall–Kier alpha value is -3.42. The maximum atomic E-state index is 12.0. The third-order valence-corrected chi connectivity index (χ3v) is 3.66. The van der Waals surface area contributed by atoms with Gasteiger partial charge >= 0.3 is 0 Å². The lowest BCUT2D eigenvalue weighted by Crippen LogP contribution is -2.16. The van der Waals surface area contributed by atoms with Crippen LogP contribution >= 0.6 is 11.6 Å². The highest BCUT2D eigenvalue weighted by Crippen LogP contribution is 2.40. The molecule has 0 radical (unpaired) electrons. The molecule has 0 fully saturated rings. The smallest absolute Gasteiger partial charge is 0.268 e. The van der Waals surface area contributed by atoms with Crippen molar-refractivity contribution in [3.05, 3.63) is 51.3 Å². The van der Waals surface area contributed by atoms with Gasteiger partial charge in [-0.3, -0.25) is 4.79 Å². The van der Waals surface area contributed by atoms with Crippen LogP contribution in [0.15, 0.2) is 29.6 Å². The molecule has 1 aromatic heterocycles. The van der Waals surface area contributed by atoms with Crippen LogP contribution in [-0.4, -0.2) is 18.7 Å². The first-order chi connectivity index (χ1) is 12.0. The van der Waals surface area contributed by atoms with Gasteiger partial charge in [0.25, 0.3) is 5.56 Å². The normalized spacial score (nSPS) is 9.76. The number of benzene rings is 1. The molecule has 0 amide bonds. The third kappa shape index (κ3) is 3.27. The van der Waals surface area contributed by atoms with E-state index >= 15 is 0 Å². The van der Waals surface area contributed by atoms with Crippen LogP contribution in [0, 0.1) is 22.7 Å². The SMILES string of the molecule is C=CCOc1cc(Cl)c(-c2c(C#N)c(N)[nH]c(=O)c2C#N)cc1OC. The molecule has 1 aromatic carbocycles. The molecule has 0 spiro atoms. The Morgan fingerprint density at radius 1 is 1.32 bits per heavy atom. The van der Waals surface area contributed by atoms with Gasteiger partial charge in [0.1, 0.15) is 35.7 Å². The minimum absolute atomic E-state index is 0.0461. The van der Waals surface area contributed by atoms with Gasteiger partial charge in [-0.05, 0) is 6.07 Å². The molecule has 0 aliphatic carbocycles. The Morgan fingerprint density at radius 2 is 2.00 bits per heavy atom. The first-order valence-electron chi connectivity index (χ1n) is 6.96. The first-order valence-corrected chi connectivity index (χ1v) is 7.33. The van der Waals surface area contributed by atoms with Crippen LogP contribution in [0.1, 0.15) is 11.1 Å². The van der Waals surface area contributed by atoms with E-state index in [0.29, 0.717) is 11.5 Å². The highest BCUT2D eigenvalue weighted by molar-refractivity contribution is 6.33. The monoisotopic (exact) mass is 356 g/mol. The van der Waals surface area contributed by atoms with Gasteiger partial charge in [0.2, 0.25) is 0 Å². The Balaban J connectivity index is 2.84. The van der Waals surface area contributed by atoms with E-state index in [2.05, 4.69) is 11.6 Å². The average molecular weight is 357 g/mol. The summed E-state index contributed by atoms with van der Waals surface area (Å²) in [7, 11) is 1.43. The molecule has 0 saturated heterocycles. The predicted molar refractivity (Wildman–Crippen MR) is 93.6 cm³/mol. The van der Waals surface area contributed by atoms with E-state index in [1.807, 2.05) is 6.07 Å². The van der Waals surface area contributed by atoms with Gasteiger partial charge in [-0.1, -0.05) is 24.3 Å². The number of pyridine rings is 1. The summed E-state index contributed by atoms with van der Waals surface area (Å²) in [5, 5.41) is 18.9. The molecule has 7 nitrogen and oxygen atoms in total. The number of anilines is 1. The average Bonchev–Trinajstić information content (AvgIpc) is 2.59. The summed E-state index contributed by atoms with van der Waals surface area (Å²) in [6.07, 6.45) is 1.56. The van der Waals surface area contributed by atoms with Crippen molar-refractivity contribution in [3.8, 4) is 34.8 Å². The van der Waals surface area contributed by atoms with Crippen molar-refractivity contribution in [1.29, 1.82) is 10.5 Å². The van der Waals surface area contributed by atoms with Crippen molar-refractivity contribution < 1.29 is 9.47 Å². The molecule has 1 heterocycles. The van der Waals surface area contributed by atoms with Crippen LogP contribution in [0.3, 0.4) is 0 Å². The quantitative estimate of drug-likeness (QED) is 0.793. The lowest BCUT2D eigenvalue weighted by molar-refractivity contribution is 0.326. The largest absolute Gasteiger partial charge is 0.493 e. The van der Waals surface area contributed by atoms with Crippen molar-refractivity contribution >= 4 is 17.4 Å². The zero-order chi connectivity index (χ0) is 18.6. The maximum absolute atomic E-state index is 12.0. The zero-order valence-electron chi connectivity index (χ0n) is 13.2. The number of methoxy groups -OCH3 is 1. The van der Waals surface area contributed by atoms with Crippen LogP contribution in [0.4, 0.5) is 5.82 Å². The minimum Gasteiger partial charge on any atom is -0.493 e. The molecule has 126 valence electrons. The number of H-pyrrole nitrogens is 1. The number of nitriles is 2. The number of nitrogens with one attached hydrogen (secondary N) is 1. The van der Waals surface area contributed by atoms with Crippen LogP contribution in [0.2, 0.25) is 5.02 Å². The molecular formula is C17H13ClN4O3. The summed E-state index contributed by atoms with van der Waals surface area (Å²) in [4.78, 5) is 14.3. The van der Waals surface area contributed by atoms with Crippen molar-refractivity contribution in [2.45, 2.75) is 0 Å². The van der Waals surface area contributed by atoms with Gasteiger partial charge in [-0.15, -0.1) is 0 Å². The molecule has 0 aliphatic heterocycles. The third-order valence-electron chi connectivity index (χ3n) is 3.35. The van der Waals surface area contributed by atoms with Crippen LogP contribution < -0.4 is 20.8 Å². The summed E-state index contributed by atoms with van der Waals surface area (Å²) in [5.74, 6) is 0.516. The van der Waals surface area contributed by atoms with Crippen LogP contribution in [-0.2, 0) is 0 Å². The highest BCUT2D eigenvalue weighted by Gasteiger charge is 2.22. The van der Waals surface area contributed by atoms with Gasteiger partial charge in [0, 0.05) is 17.2 Å². The summed E-state index contributed by atoms with van der Waals surface area (Å²) in [6, 6.07) is 6.63. The fourth-order valence-electron chi connectivity index (χ4n) is 2.26. The second-order valence-corrected chi connectivity index (χ2v) is 5.21. The number of hydrogen-bond acceptors (Lipinski definition) is 6. The molecule has 3 N–H and O–H groups in total. The number of aromatic amines is 1. The van der Waals surface area contributed by atoms with Gasteiger partial charge in [-0.2, -0.15) is 10.5 Å². The first kappa shape index (κ1) is 17.9. The fraction of sp³-hybridized carbons (Fsp3) is 0.118. The number of aromatic nitrogens is 1. The molecule has 2 aromatic rings. The van der Waals surface area contributed by atoms with E-state index in [0.717, 1.165) is 0 Å². The molecule has 8 heteroatoms. The zero-order valence-corrected chi connectivity index (χ0v) is 14.0. The van der Waals surface area contributed by atoms with Gasteiger partial charge in [0.05, 0.1) is 12.1 Å². The van der Waals surface area contributed by atoms with Gasteiger partial charge < -0.3 is 20.2 Å². The minimum atomic E-state index is -0.712. The summed E-state index contributed by atoms with van der Waals surface area (Å²) in [5.41, 5.74) is 4.98. The summed E-state index contributed by atoms with van der Waals surface area (Å²) in [6.45, 7) is 3.79. The van der Waals surface area contributed by atoms with Crippen molar-refractivity contribution in [2.24, 2.45) is 0 Å². The van der Waals surface area contributed by atoms with Gasteiger partial charge in [-0.25, -0.2) is 0 Å². The number of halogens is 1. The number of nitrogens with two attached hydrogens (primary N) is 1. The molecule has 0 saturated carbocycles. The second kappa shape index (κ2) is 7.43. The molecule has 0 aliphatic rings. The Kier molecular flexibility index (Phi) is 5.33. The molecule has 25 heavy (non-hydrogen) atoms. The van der Waals surface area contributed by atoms with Crippen LogP contribution in [0.5, 0.6) is 11.5 Å². The van der Waals surface area contributed by atoms with Gasteiger partial charge in [0.15, 0.2) is 11.5 Å². The molecular weight excluding hydrogens is 344 g/mol. The molecule has 0 unspecified atom stereocenters. The van der Waals surface area contributed by atoms with E-state index in [9.17, 15) is 15.3 Å². The molecule has 0 atom stereocenters. The fourth-order valence-corrected chi connectivity index (χ4v) is 2.51. The maximum Gasteiger partial charge on any atom is 0.268 e. The van der Waals surface area contributed by atoms with Crippen molar-refractivity contribution in [3.63, 3.8) is 0 Å². The lowest BCUT2D eigenvalue weighted by atomic mass is 9.96. The lowest BCUT2D eigenvalue weighted by Gasteiger charge is -2.15. The second-order valence-electron chi connectivity index (χ2n) is 4.80.